The Bertz CT molecular complexity index is 640. The number of aromatic nitrogens is 1. The summed E-state index contributed by atoms with van der Waals surface area (Å²) in [7, 11) is 0. The monoisotopic (exact) mass is 349 g/mol. The Labute approximate surface area is 148 Å². The lowest BCUT2D eigenvalue weighted by Gasteiger charge is -2.30. The molecule has 0 aliphatic carbocycles. The molecule has 0 aromatic carbocycles. The minimum absolute atomic E-state index is 0.00598. The molecular formula is C18H27N3O4. The van der Waals surface area contributed by atoms with Crippen molar-refractivity contribution in [3.63, 3.8) is 0 Å². The fourth-order valence-corrected chi connectivity index (χ4v) is 2.40. The number of carbonyl (C=O) groups excluding carboxylic acids is 3. The van der Waals surface area contributed by atoms with Gasteiger partial charge in [-0.2, -0.15) is 0 Å². The van der Waals surface area contributed by atoms with Crippen LogP contribution >= 0.6 is 0 Å². The third-order valence-electron chi connectivity index (χ3n) is 3.26. The van der Waals surface area contributed by atoms with E-state index in [1.54, 1.807) is 25.7 Å². The summed E-state index contributed by atoms with van der Waals surface area (Å²) in [6.07, 6.45) is 1.17. The summed E-state index contributed by atoms with van der Waals surface area (Å²) in [4.78, 5) is 41.6. The normalized spacial score (nSPS) is 11.4. The lowest BCUT2D eigenvalue weighted by atomic mass is 10.1. The van der Waals surface area contributed by atoms with Gasteiger partial charge in [-0.05, 0) is 54.5 Å². The van der Waals surface area contributed by atoms with Gasteiger partial charge in [0.2, 0.25) is 0 Å². The van der Waals surface area contributed by atoms with Crippen LogP contribution in [0, 0.1) is 0 Å². The number of aldehydes is 1. The molecule has 0 atom stereocenters. The second-order valence-corrected chi connectivity index (χ2v) is 7.30. The number of carbonyl (C=O) groups is 3. The van der Waals surface area contributed by atoms with Gasteiger partial charge in [0.05, 0.1) is 11.9 Å². The molecule has 0 spiro atoms. The van der Waals surface area contributed by atoms with Crippen molar-refractivity contribution in [2.45, 2.75) is 66.2 Å². The summed E-state index contributed by atoms with van der Waals surface area (Å²) in [5.41, 5.74) is -0.151. The number of nitrogens with zero attached hydrogens (tertiary/aromatic N) is 2. The summed E-state index contributed by atoms with van der Waals surface area (Å²) < 4.78 is 5.15. The van der Waals surface area contributed by atoms with E-state index < -0.39 is 11.7 Å². The quantitative estimate of drug-likeness (QED) is 0.822. The minimum atomic E-state index is -0.692. The Balaban J connectivity index is 3.07. The van der Waals surface area contributed by atoms with Gasteiger partial charge in [0, 0.05) is 17.6 Å². The minimum Gasteiger partial charge on any atom is -0.444 e. The molecular weight excluding hydrogens is 322 g/mol. The van der Waals surface area contributed by atoms with Crippen LogP contribution in [0.15, 0.2) is 12.3 Å². The molecule has 2 amide bonds. The highest BCUT2D eigenvalue weighted by Gasteiger charge is 2.24. The molecule has 0 saturated carbocycles. The van der Waals surface area contributed by atoms with Crippen molar-refractivity contribution in [2.24, 2.45) is 0 Å². The maximum Gasteiger partial charge on any atom is 0.412 e. The fourth-order valence-electron chi connectivity index (χ4n) is 2.40. The molecule has 0 fully saturated rings. The van der Waals surface area contributed by atoms with E-state index in [-0.39, 0.29) is 34.9 Å². The maximum absolute atomic E-state index is 12.7. The molecule has 0 saturated heterocycles. The largest absolute Gasteiger partial charge is 0.444 e. The Morgan fingerprint density at radius 3 is 2.20 bits per heavy atom. The number of rotatable bonds is 5. The van der Waals surface area contributed by atoms with Gasteiger partial charge < -0.3 is 9.64 Å². The molecule has 1 heterocycles. The highest BCUT2D eigenvalue weighted by molar-refractivity contribution is 5.98. The molecule has 7 nitrogen and oxygen atoms in total. The van der Waals surface area contributed by atoms with Crippen molar-refractivity contribution in [1.29, 1.82) is 0 Å². The number of hydrogen-bond acceptors (Lipinski definition) is 5. The second kappa shape index (κ2) is 8.09. The van der Waals surface area contributed by atoms with E-state index in [9.17, 15) is 14.4 Å². The highest BCUT2D eigenvalue weighted by Crippen LogP contribution is 2.18. The van der Waals surface area contributed by atoms with Gasteiger partial charge >= 0.3 is 6.09 Å². The zero-order valence-electron chi connectivity index (χ0n) is 15.9. The molecule has 1 N–H and O–H groups in total. The first-order valence-corrected chi connectivity index (χ1v) is 8.24. The van der Waals surface area contributed by atoms with Crippen LogP contribution < -0.4 is 5.32 Å². The van der Waals surface area contributed by atoms with Crippen LogP contribution in [-0.4, -0.2) is 45.9 Å². The third-order valence-corrected chi connectivity index (χ3v) is 3.26. The van der Waals surface area contributed by atoms with Crippen molar-refractivity contribution < 1.29 is 19.1 Å². The van der Waals surface area contributed by atoms with E-state index in [0.29, 0.717) is 6.29 Å². The van der Waals surface area contributed by atoms with E-state index in [1.807, 2.05) is 27.7 Å². The standard InChI is InChI=1S/C18H27N3O4/c1-11(2)21(12(3)4)16(23)14-8-13(10-22)15(9-19-14)20-17(24)25-18(5,6)7/h8-12H,1-7H3,(H,20,24). The van der Waals surface area contributed by atoms with Crippen LogP contribution in [0.1, 0.15) is 69.3 Å². The zero-order valence-corrected chi connectivity index (χ0v) is 15.9. The van der Waals surface area contributed by atoms with Gasteiger partial charge in [-0.25, -0.2) is 9.78 Å². The predicted octanol–water partition coefficient (Wildman–Crippen LogP) is 3.50. The van der Waals surface area contributed by atoms with E-state index in [0.717, 1.165) is 0 Å². The Hall–Kier alpha value is -2.44. The predicted molar refractivity (Wildman–Crippen MR) is 95.9 cm³/mol. The summed E-state index contributed by atoms with van der Waals surface area (Å²) in [6.45, 7) is 12.9. The number of anilines is 1. The van der Waals surface area contributed by atoms with Crippen molar-refractivity contribution >= 4 is 24.0 Å². The number of pyridine rings is 1. The first-order chi connectivity index (χ1) is 11.5. The smallest absolute Gasteiger partial charge is 0.412 e. The van der Waals surface area contributed by atoms with Gasteiger partial charge in [-0.3, -0.25) is 14.9 Å². The molecule has 25 heavy (non-hydrogen) atoms. The van der Waals surface area contributed by atoms with Crippen LogP contribution in [0.4, 0.5) is 10.5 Å². The summed E-state index contributed by atoms with van der Waals surface area (Å²) in [5, 5.41) is 2.48. The third kappa shape index (κ3) is 5.85. The SMILES string of the molecule is CC(C)N(C(=O)c1cc(C=O)c(NC(=O)OC(C)(C)C)cn1)C(C)C. The number of hydrogen-bond donors (Lipinski definition) is 1. The molecule has 0 aliphatic heterocycles. The molecule has 1 aromatic rings. The van der Waals surface area contributed by atoms with Gasteiger partial charge in [0.1, 0.15) is 11.3 Å². The molecule has 0 unspecified atom stereocenters. The molecule has 138 valence electrons. The molecule has 0 radical (unpaired) electrons. The summed E-state index contributed by atoms with van der Waals surface area (Å²) in [5.74, 6) is -0.267. The molecule has 0 bridgehead atoms. The lowest BCUT2D eigenvalue weighted by Crippen LogP contribution is -2.42. The van der Waals surface area contributed by atoms with Crippen molar-refractivity contribution in [3.05, 3.63) is 23.5 Å². The first kappa shape index (κ1) is 20.6. The summed E-state index contributed by atoms with van der Waals surface area (Å²) in [6, 6.07) is 1.36. The van der Waals surface area contributed by atoms with E-state index in [2.05, 4.69) is 10.3 Å². The molecule has 0 aliphatic rings. The van der Waals surface area contributed by atoms with E-state index in [4.69, 9.17) is 4.74 Å². The van der Waals surface area contributed by atoms with E-state index in [1.165, 1.54) is 12.3 Å². The van der Waals surface area contributed by atoms with Crippen LogP contribution in [0.3, 0.4) is 0 Å². The molecule has 7 heteroatoms. The van der Waals surface area contributed by atoms with Crippen LogP contribution in [0.2, 0.25) is 0 Å². The number of ether oxygens (including phenoxy) is 1. The first-order valence-electron chi connectivity index (χ1n) is 8.24. The topological polar surface area (TPSA) is 88.6 Å². The van der Waals surface area contributed by atoms with Gasteiger partial charge in [0.15, 0.2) is 6.29 Å². The Kier molecular flexibility index (Phi) is 6.67. The van der Waals surface area contributed by atoms with Crippen molar-refractivity contribution in [1.82, 2.24) is 9.88 Å². The van der Waals surface area contributed by atoms with Gasteiger partial charge in [-0.1, -0.05) is 0 Å². The molecule has 1 rings (SSSR count). The van der Waals surface area contributed by atoms with Crippen LogP contribution in [-0.2, 0) is 4.74 Å². The average Bonchev–Trinajstić information content (AvgIpc) is 2.44. The second-order valence-electron chi connectivity index (χ2n) is 7.30. The van der Waals surface area contributed by atoms with Crippen LogP contribution in [0.5, 0.6) is 0 Å². The van der Waals surface area contributed by atoms with Gasteiger partial charge in [0.25, 0.3) is 5.91 Å². The van der Waals surface area contributed by atoms with Crippen molar-refractivity contribution in [3.8, 4) is 0 Å². The van der Waals surface area contributed by atoms with E-state index >= 15 is 0 Å². The fraction of sp³-hybridized carbons (Fsp3) is 0.556. The van der Waals surface area contributed by atoms with Crippen LogP contribution in [0.25, 0.3) is 0 Å². The Morgan fingerprint density at radius 1 is 1.20 bits per heavy atom. The highest BCUT2D eigenvalue weighted by atomic mass is 16.6. The van der Waals surface area contributed by atoms with Gasteiger partial charge in [-0.15, -0.1) is 0 Å². The molecule has 1 aromatic heterocycles. The van der Waals surface area contributed by atoms with Crippen molar-refractivity contribution in [2.75, 3.05) is 5.32 Å². The number of nitrogens with one attached hydrogen (secondary N) is 1. The summed E-state index contributed by atoms with van der Waals surface area (Å²) >= 11 is 0. The Morgan fingerprint density at radius 2 is 1.76 bits per heavy atom. The zero-order chi connectivity index (χ0) is 19.4. The lowest BCUT2D eigenvalue weighted by molar-refractivity contribution is 0.0628. The number of amides is 2. The maximum atomic E-state index is 12.7. The average molecular weight is 349 g/mol.